The predicted molar refractivity (Wildman–Crippen MR) is 81.0 cm³/mol. The fraction of sp³-hybridized carbons (Fsp3) is 0.357. The molecule has 0 spiro atoms. The Labute approximate surface area is 122 Å². The minimum atomic E-state index is -0.182. The quantitative estimate of drug-likeness (QED) is 0.858. The molecule has 2 N–H and O–H groups in total. The Kier molecular flexibility index (Phi) is 5.06. The molecular weight excluding hydrogens is 272 g/mol. The Morgan fingerprint density at radius 3 is 2.95 bits per heavy atom. The molecule has 106 valence electrons. The summed E-state index contributed by atoms with van der Waals surface area (Å²) in [5.74, 6) is 0.544. The highest BCUT2D eigenvalue weighted by atomic mass is 32.1. The van der Waals surface area contributed by atoms with Crippen molar-refractivity contribution >= 4 is 23.1 Å². The number of carbonyl (C=O) groups excluding carboxylic acids is 1. The van der Waals surface area contributed by atoms with Gasteiger partial charge in [0, 0.05) is 17.6 Å². The van der Waals surface area contributed by atoms with Gasteiger partial charge in [-0.25, -0.2) is 9.97 Å². The number of carbonyl (C=O) groups is 1. The summed E-state index contributed by atoms with van der Waals surface area (Å²) in [5, 5.41) is 6.90. The van der Waals surface area contributed by atoms with Gasteiger partial charge >= 0.3 is 0 Å². The molecule has 0 unspecified atom stereocenters. The Balaban J connectivity index is 1.94. The standard InChI is InChI=1S/C14H18N4OS/c1-3-7-15-12-6-4-5-11(18-12)14(19)17-9-13-16-8-10(2)20-13/h4-6,8H,3,7,9H2,1-2H3,(H,15,18)(H,17,19). The monoisotopic (exact) mass is 290 g/mol. The zero-order valence-corrected chi connectivity index (χ0v) is 12.5. The minimum Gasteiger partial charge on any atom is -0.370 e. The summed E-state index contributed by atoms with van der Waals surface area (Å²) in [7, 11) is 0. The van der Waals surface area contributed by atoms with E-state index in [0.29, 0.717) is 12.2 Å². The van der Waals surface area contributed by atoms with Crippen LogP contribution in [0.2, 0.25) is 0 Å². The third-order valence-electron chi connectivity index (χ3n) is 2.61. The van der Waals surface area contributed by atoms with Gasteiger partial charge in [-0.15, -0.1) is 11.3 Å². The molecule has 5 nitrogen and oxygen atoms in total. The number of amides is 1. The maximum atomic E-state index is 12.0. The highest BCUT2D eigenvalue weighted by Gasteiger charge is 2.08. The summed E-state index contributed by atoms with van der Waals surface area (Å²) in [5.41, 5.74) is 0.416. The number of nitrogens with zero attached hydrogens (tertiary/aromatic N) is 2. The van der Waals surface area contributed by atoms with Crippen LogP contribution in [0.15, 0.2) is 24.4 Å². The van der Waals surface area contributed by atoms with Gasteiger partial charge in [0.05, 0.1) is 6.54 Å². The summed E-state index contributed by atoms with van der Waals surface area (Å²) in [4.78, 5) is 21.7. The number of hydrogen-bond donors (Lipinski definition) is 2. The first-order valence-corrected chi connectivity index (χ1v) is 7.41. The molecule has 0 aliphatic heterocycles. The average molecular weight is 290 g/mol. The molecule has 2 heterocycles. The molecule has 0 bridgehead atoms. The van der Waals surface area contributed by atoms with Gasteiger partial charge < -0.3 is 10.6 Å². The Bertz CT molecular complexity index is 582. The zero-order valence-electron chi connectivity index (χ0n) is 11.6. The van der Waals surface area contributed by atoms with E-state index in [0.717, 1.165) is 28.7 Å². The lowest BCUT2D eigenvalue weighted by molar-refractivity contribution is 0.0946. The van der Waals surface area contributed by atoms with Gasteiger partial charge in [0.15, 0.2) is 0 Å². The minimum absolute atomic E-state index is 0.182. The van der Waals surface area contributed by atoms with E-state index < -0.39 is 0 Å². The van der Waals surface area contributed by atoms with E-state index in [1.165, 1.54) is 0 Å². The molecule has 0 saturated heterocycles. The number of aryl methyl sites for hydroxylation is 1. The van der Waals surface area contributed by atoms with Gasteiger partial charge in [0.1, 0.15) is 16.5 Å². The van der Waals surface area contributed by atoms with Gasteiger partial charge in [-0.3, -0.25) is 4.79 Å². The summed E-state index contributed by atoms with van der Waals surface area (Å²) >= 11 is 1.58. The number of aromatic nitrogens is 2. The van der Waals surface area contributed by atoms with Crippen LogP contribution in [-0.4, -0.2) is 22.4 Å². The van der Waals surface area contributed by atoms with Crippen LogP contribution in [0.3, 0.4) is 0 Å². The van der Waals surface area contributed by atoms with E-state index in [4.69, 9.17) is 0 Å². The number of pyridine rings is 1. The predicted octanol–water partition coefficient (Wildman–Crippen LogP) is 2.60. The van der Waals surface area contributed by atoms with Crippen molar-refractivity contribution in [2.75, 3.05) is 11.9 Å². The highest BCUT2D eigenvalue weighted by molar-refractivity contribution is 7.11. The average Bonchev–Trinajstić information content (AvgIpc) is 2.88. The maximum absolute atomic E-state index is 12.0. The van der Waals surface area contributed by atoms with Crippen LogP contribution in [0.5, 0.6) is 0 Å². The van der Waals surface area contributed by atoms with Crippen molar-refractivity contribution in [2.24, 2.45) is 0 Å². The summed E-state index contributed by atoms with van der Waals surface area (Å²) < 4.78 is 0. The molecule has 2 aromatic heterocycles. The van der Waals surface area contributed by atoms with Crippen LogP contribution in [0.25, 0.3) is 0 Å². The van der Waals surface area contributed by atoms with Crippen molar-refractivity contribution < 1.29 is 4.79 Å². The molecular formula is C14H18N4OS. The normalized spacial score (nSPS) is 10.3. The molecule has 0 aliphatic rings. The lowest BCUT2D eigenvalue weighted by atomic mass is 10.3. The molecule has 1 amide bonds. The van der Waals surface area contributed by atoms with Gasteiger partial charge in [-0.1, -0.05) is 13.0 Å². The second-order valence-electron chi connectivity index (χ2n) is 4.38. The lowest BCUT2D eigenvalue weighted by Gasteiger charge is -2.06. The van der Waals surface area contributed by atoms with Crippen molar-refractivity contribution in [3.63, 3.8) is 0 Å². The Hall–Kier alpha value is -1.95. The Morgan fingerprint density at radius 1 is 1.40 bits per heavy atom. The van der Waals surface area contributed by atoms with E-state index in [2.05, 4.69) is 27.5 Å². The van der Waals surface area contributed by atoms with Crippen molar-refractivity contribution in [2.45, 2.75) is 26.8 Å². The van der Waals surface area contributed by atoms with Crippen molar-refractivity contribution in [3.8, 4) is 0 Å². The maximum Gasteiger partial charge on any atom is 0.270 e. The first-order chi connectivity index (χ1) is 9.69. The van der Waals surface area contributed by atoms with Crippen LogP contribution in [-0.2, 0) is 6.54 Å². The molecule has 2 rings (SSSR count). The number of nitrogens with one attached hydrogen (secondary N) is 2. The van der Waals surface area contributed by atoms with Crippen LogP contribution >= 0.6 is 11.3 Å². The third-order valence-corrected chi connectivity index (χ3v) is 3.52. The first-order valence-electron chi connectivity index (χ1n) is 6.59. The fourth-order valence-corrected chi connectivity index (χ4v) is 2.37. The van der Waals surface area contributed by atoms with Crippen LogP contribution in [0.4, 0.5) is 5.82 Å². The van der Waals surface area contributed by atoms with Gasteiger partial charge in [0.25, 0.3) is 5.91 Å². The first kappa shape index (κ1) is 14.5. The molecule has 20 heavy (non-hydrogen) atoms. The van der Waals surface area contributed by atoms with Crippen molar-refractivity contribution in [1.29, 1.82) is 0 Å². The smallest absolute Gasteiger partial charge is 0.270 e. The van der Waals surface area contributed by atoms with E-state index in [1.807, 2.05) is 19.1 Å². The zero-order chi connectivity index (χ0) is 14.4. The molecule has 0 aliphatic carbocycles. The number of rotatable bonds is 6. The Morgan fingerprint density at radius 2 is 2.25 bits per heavy atom. The highest BCUT2D eigenvalue weighted by Crippen LogP contribution is 2.11. The van der Waals surface area contributed by atoms with Crippen molar-refractivity contribution in [1.82, 2.24) is 15.3 Å². The number of hydrogen-bond acceptors (Lipinski definition) is 5. The molecule has 2 aromatic rings. The third kappa shape index (κ3) is 4.03. The molecule has 0 aromatic carbocycles. The molecule has 0 atom stereocenters. The van der Waals surface area contributed by atoms with Gasteiger partial charge in [-0.2, -0.15) is 0 Å². The summed E-state index contributed by atoms with van der Waals surface area (Å²) in [6.07, 6.45) is 2.82. The largest absolute Gasteiger partial charge is 0.370 e. The summed E-state index contributed by atoms with van der Waals surface area (Å²) in [6, 6.07) is 5.39. The van der Waals surface area contributed by atoms with Crippen LogP contribution in [0.1, 0.15) is 33.7 Å². The number of thiazole rings is 1. The second kappa shape index (κ2) is 7.00. The van der Waals surface area contributed by atoms with Crippen LogP contribution < -0.4 is 10.6 Å². The van der Waals surface area contributed by atoms with E-state index in [-0.39, 0.29) is 5.91 Å². The molecule has 0 fully saturated rings. The van der Waals surface area contributed by atoms with Gasteiger partial charge in [-0.05, 0) is 25.5 Å². The second-order valence-corrected chi connectivity index (χ2v) is 5.70. The lowest BCUT2D eigenvalue weighted by Crippen LogP contribution is -2.24. The summed E-state index contributed by atoms with van der Waals surface area (Å²) in [6.45, 7) is 5.36. The van der Waals surface area contributed by atoms with Gasteiger partial charge in [0.2, 0.25) is 0 Å². The van der Waals surface area contributed by atoms with Crippen LogP contribution in [0, 0.1) is 6.92 Å². The topological polar surface area (TPSA) is 66.9 Å². The SMILES string of the molecule is CCCNc1cccc(C(=O)NCc2ncc(C)s2)n1. The molecule has 0 radical (unpaired) electrons. The van der Waals surface area contributed by atoms with E-state index >= 15 is 0 Å². The number of anilines is 1. The molecule has 6 heteroatoms. The van der Waals surface area contributed by atoms with E-state index in [1.54, 1.807) is 23.6 Å². The van der Waals surface area contributed by atoms with Crippen molar-refractivity contribution in [3.05, 3.63) is 40.0 Å². The fourth-order valence-electron chi connectivity index (χ4n) is 1.64. The van der Waals surface area contributed by atoms with E-state index in [9.17, 15) is 4.79 Å². The molecule has 0 saturated carbocycles.